The summed E-state index contributed by atoms with van der Waals surface area (Å²) < 4.78 is 1.53. The van der Waals surface area contributed by atoms with E-state index in [1.807, 2.05) is 6.26 Å². The molecule has 8 heteroatoms. The molecule has 6 nitrogen and oxygen atoms in total. The summed E-state index contributed by atoms with van der Waals surface area (Å²) in [6.45, 7) is 1.77. The van der Waals surface area contributed by atoms with Gasteiger partial charge in [-0.25, -0.2) is 0 Å². The minimum atomic E-state index is -0.222. The molecule has 0 atom stereocenters. The predicted octanol–water partition coefficient (Wildman–Crippen LogP) is 2.43. The highest BCUT2D eigenvalue weighted by Gasteiger charge is 2.18. The van der Waals surface area contributed by atoms with Gasteiger partial charge in [-0.1, -0.05) is 23.4 Å². The molecule has 0 aliphatic carbocycles. The first-order valence-corrected chi connectivity index (χ1v) is 7.64. The fourth-order valence-electron chi connectivity index (χ4n) is 1.88. The van der Waals surface area contributed by atoms with Gasteiger partial charge in [0.2, 0.25) is 10.9 Å². The zero-order valence-corrected chi connectivity index (χ0v) is 12.8. The standard InChI is InChI=1S/C13H10ClN5OS/c1-7-10(11(20)8-3-5-9(14)6-4-8)16-17-12-15-13(21-2)18-19(7)12/h3-6H,1-2H3. The normalized spacial score (nSPS) is 11.0. The molecule has 0 spiro atoms. The van der Waals surface area contributed by atoms with Crippen molar-refractivity contribution in [2.75, 3.05) is 6.26 Å². The monoisotopic (exact) mass is 319 g/mol. The summed E-state index contributed by atoms with van der Waals surface area (Å²) >= 11 is 7.23. The number of fused-ring (bicyclic) bond motifs is 1. The molecule has 0 aliphatic rings. The highest BCUT2D eigenvalue weighted by molar-refractivity contribution is 7.98. The van der Waals surface area contributed by atoms with E-state index < -0.39 is 0 Å². The first kappa shape index (κ1) is 14.0. The number of hydrogen-bond acceptors (Lipinski definition) is 6. The Kier molecular flexibility index (Phi) is 3.60. The van der Waals surface area contributed by atoms with Crippen molar-refractivity contribution in [1.82, 2.24) is 24.8 Å². The number of thioether (sulfide) groups is 1. The number of aryl methyl sites for hydroxylation is 1. The number of rotatable bonds is 3. The summed E-state index contributed by atoms with van der Waals surface area (Å²) in [5.41, 5.74) is 1.36. The van der Waals surface area contributed by atoms with Crippen LogP contribution in [0.3, 0.4) is 0 Å². The van der Waals surface area contributed by atoms with Gasteiger partial charge in [0.05, 0.1) is 5.69 Å². The zero-order chi connectivity index (χ0) is 15.0. The van der Waals surface area contributed by atoms with E-state index in [4.69, 9.17) is 11.6 Å². The Balaban J connectivity index is 2.09. The second-order valence-electron chi connectivity index (χ2n) is 4.28. The third-order valence-electron chi connectivity index (χ3n) is 2.97. The summed E-state index contributed by atoms with van der Waals surface area (Å²) in [6.07, 6.45) is 1.87. The number of hydrogen-bond donors (Lipinski definition) is 0. The second-order valence-corrected chi connectivity index (χ2v) is 5.49. The van der Waals surface area contributed by atoms with Crippen LogP contribution in [0.4, 0.5) is 0 Å². The number of ketones is 1. The maximum Gasteiger partial charge on any atom is 0.272 e. The van der Waals surface area contributed by atoms with E-state index in [0.29, 0.717) is 27.2 Å². The van der Waals surface area contributed by atoms with Gasteiger partial charge in [0.15, 0.2) is 5.69 Å². The van der Waals surface area contributed by atoms with E-state index in [1.54, 1.807) is 31.2 Å². The summed E-state index contributed by atoms with van der Waals surface area (Å²) in [4.78, 5) is 16.7. The highest BCUT2D eigenvalue weighted by atomic mass is 35.5. The average molecular weight is 320 g/mol. The van der Waals surface area contributed by atoms with Crippen molar-refractivity contribution in [2.24, 2.45) is 0 Å². The lowest BCUT2D eigenvalue weighted by Crippen LogP contribution is -2.12. The Hall–Kier alpha value is -1.99. The predicted molar refractivity (Wildman–Crippen MR) is 80.0 cm³/mol. The Morgan fingerprint density at radius 2 is 1.95 bits per heavy atom. The molecule has 0 saturated heterocycles. The minimum absolute atomic E-state index is 0.222. The summed E-state index contributed by atoms with van der Waals surface area (Å²) in [5, 5.41) is 13.4. The van der Waals surface area contributed by atoms with Gasteiger partial charge < -0.3 is 0 Å². The van der Waals surface area contributed by atoms with Crippen molar-refractivity contribution in [3.8, 4) is 0 Å². The Labute approximate surface area is 129 Å². The smallest absolute Gasteiger partial charge is 0.272 e. The van der Waals surface area contributed by atoms with Gasteiger partial charge >= 0.3 is 0 Å². The molecule has 0 aliphatic heterocycles. The molecule has 21 heavy (non-hydrogen) atoms. The van der Waals surface area contributed by atoms with Gasteiger partial charge in [0.1, 0.15) is 0 Å². The summed E-state index contributed by atoms with van der Waals surface area (Å²) in [6, 6.07) is 6.64. The van der Waals surface area contributed by atoms with Crippen LogP contribution in [0, 0.1) is 6.92 Å². The summed E-state index contributed by atoms with van der Waals surface area (Å²) in [5.74, 6) is 0.157. The van der Waals surface area contributed by atoms with E-state index >= 15 is 0 Å². The molecule has 106 valence electrons. The van der Waals surface area contributed by atoms with Crippen LogP contribution in [-0.2, 0) is 0 Å². The van der Waals surface area contributed by atoms with Gasteiger partial charge in [0.25, 0.3) is 5.78 Å². The van der Waals surface area contributed by atoms with Crippen LogP contribution in [0.15, 0.2) is 29.4 Å². The van der Waals surface area contributed by atoms with Crippen molar-refractivity contribution in [3.05, 3.63) is 46.2 Å². The molecule has 0 bridgehead atoms. The number of aromatic nitrogens is 5. The van der Waals surface area contributed by atoms with Crippen LogP contribution in [0.25, 0.3) is 5.78 Å². The van der Waals surface area contributed by atoms with E-state index in [-0.39, 0.29) is 11.5 Å². The zero-order valence-electron chi connectivity index (χ0n) is 11.2. The van der Waals surface area contributed by atoms with E-state index in [0.717, 1.165) is 0 Å². The molecule has 2 aromatic heterocycles. The molecule has 0 N–H and O–H groups in total. The number of benzene rings is 1. The van der Waals surface area contributed by atoms with Crippen LogP contribution in [0.5, 0.6) is 0 Å². The van der Waals surface area contributed by atoms with Crippen molar-refractivity contribution < 1.29 is 4.79 Å². The Bertz CT molecular complexity index is 830. The first-order valence-electron chi connectivity index (χ1n) is 6.04. The maximum absolute atomic E-state index is 12.5. The van der Waals surface area contributed by atoms with Crippen LogP contribution in [-0.4, -0.2) is 36.8 Å². The fraction of sp³-hybridized carbons (Fsp3) is 0.154. The molecule has 3 rings (SSSR count). The van der Waals surface area contributed by atoms with E-state index in [9.17, 15) is 4.79 Å². The van der Waals surface area contributed by atoms with Gasteiger partial charge in [-0.15, -0.1) is 15.3 Å². The van der Waals surface area contributed by atoms with Crippen molar-refractivity contribution >= 4 is 34.9 Å². The molecular weight excluding hydrogens is 310 g/mol. The van der Waals surface area contributed by atoms with Crippen LogP contribution in [0.1, 0.15) is 21.7 Å². The molecule has 0 radical (unpaired) electrons. The number of halogens is 1. The number of carbonyl (C=O) groups excluding carboxylic acids is 1. The van der Waals surface area contributed by atoms with Gasteiger partial charge in [-0.3, -0.25) is 4.79 Å². The molecule has 0 saturated carbocycles. The number of carbonyl (C=O) groups is 1. The molecule has 1 aromatic carbocycles. The minimum Gasteiger partial charge on any atom is -0.287 e. The third-order valence-corrected chi connectivity index (χ3v) is 3.76. The molecule has 3 aromatic rings. The topological polar surface area (TPSA) is 73.0 Å². The van der Waals surface area contributed by atoms with Gasteiger partial charge in [-0.2, -0.15) is 9.50 Å². The lowest BCUT2D eigenvalue weighted by Gasteiger charge is -2.04. The van der Waals surface area contributed by atoms with E-state index in [1.165, 1.54) is 16.3 Å². The van der Waals surface area contributed by atoms with Gasteiger partial charge in [0, 0.05) is 10.6 Å². The largest absolute Gasteiger partial charge is 0.287 e. The molecule has 2 heterocycles. The van der Waals surface area contributed by atoms with Crippen LogP contribution >= 0.6 is 23.4 Å². The maximum atomic E-state index is 12.5. The third kappa shape index (κ3) is 2.50. The lowest BCUT2D eigenvalue weighted by molar-refractivity contribution is 0.103. The Morgan fingerprint density at radius 1 is 1.24 bits per heavy atom. The Morgan fingerprint density at radius 3 is 2.62 bits per heavy atom. The highest BCUT2D eigenvalue weighted by Crippen LogP contribution is 2.16. The molecule has 0 amide bonds. The van der Waals surface area contributed by atoms with Gasteiger partial charge in [-0.05, 0) is 37.4 Å². The quantitative estimate of drug-likeness (QED) is 0.545. The van der Waals surface area contributed by atoms with Crippen molar-refractivity contribution in [1.29, 1.82) is 0 Å². The fourth-order valence-corrected chi connectivity index (χ4v) is 2.34. The van der Waals surface area contributed by atoms with Crippen molar-refractivity contribution in [2.45, 2.75) is 12.1 Å². The van der Waals surface area contributed by atoms with E-state index in [2.05, 4.69) is 20.3 Å². The van der Waals surface area contributed by atoms with Crippen LogP contribution in [0.2, 0.25) is 5.02 Å². The SMILES string of the molecule is CSc1nc2nnc(C(=O)c3ccc(Cl)cc3)c(C)n2n1. The average Bonchev–Trinajstić information content (AvgIpc) is 2.92. The number of nitrogens with zero attached hydrogens (tertiary/aromatic N) is 5. The first-order chi connectivity index (χ1) is 10.1. The molecular formula is C13H10ClN5OS. The molecule has 0 unspecified atom stereocenters. The summed E-state index contributed by atoms with van der Waals surface area (Å²) in [7, 11) is 0. The van der Waals surface area contributed by atoms with Crippen LogP contribution < -0.4 is 0 Å². The van der Waals surface area contributed by atoms with Crippen molar-refractivity contribution in [3.63, 3.8) is 0 Å². The molecule has 0 fully saturated rings. The lowest BCUT2D eigenvalue weighted by atomic mass is 10.1. The second kappa shape index (κ2) is 5.42.